The number of amides is 1. The smallest absolute Gasteiger partial charge is 0.300 e. The average molecular weight is 425 g/mol. The van der Waals surface area contributed by atoms with E-state index in [1.807, 2.05) is 12.1 Å². The highest BCUT2D eigenvalue weighted by atomic mass is 16.4. The molecule has 3 aliphatic heterocycles. The highest BCUT2D eigenvalue weighted by Gasteiger charge is 2.47. The number of oxazole rings is 1. The number of fused-ring (bicyclic) bond motifs is 4. The molecule has 4 fully saturated rings. The van der Waals surface area contributed by atoms with E-state index in [9.17, 15) is 4.79 Å². The summed E-state index contributed by atoms with van der Waals surface area (Å²) in [6.07, 6.45) is 7.56. The van der Waals surface area contributed by atoms with Gasteiger partial charge in [0, 0.05) is 51.0 Å². The molecule has 1 aliphatic carbocycles. The molecule has 2 aromatic rings. The molecular weight excluding hydrogens is 392 g/mol. The Morgan fingerprint density at radius 1 is 1.16 bits per heavy atom. The minimum Gasteiger partial charge on any atom is -0.422 e. The van der Waals surface area contributed by atoms with Crippen LogP contribution in [0.25, 0.3) is 11.2 Å². The van der Waals surface area contributed by atoms with E-state index >= 15 is 0 Å². The van der Waals surface area contributed by atoms with E-state index in [2.05, 4.69) is 30.4 Å². The second-order valence-electron chi connectivity index (χ2n) is 9.80. The summed E-state index contributed by atoms with van der Waals surface area (Å²) in [5.74, 6) is 1.77. The molecule has 1 saturated carbocycles. The fraction of sp³-hybridized carbons (Fsp3) is 0.696. The summed E-state index contributed by atoms with van der Waals surface area (Å²) in [7, 11) is 0. The maximum absolute atomic E-state index is 12.6. The van der Waals surface area contributed by atoms with Gasteiger partial charge in [-0.25, -0.2) is 4.98 Å². The second kappa shape index (κ2) is 8.06. The summed E-state index contributed by atoms with van der Waals surface area (Å²) < 4.78 is 5.89. The summed E-state index contributed by atoms with van der Waals surface area (Å²) in [4.78, 5) is 26.3. The number of carbonyl (C=O) groups is 1. The van der Waals surface area contributed by atoms with E-state index in [1.165, 1.54) is 12.8 Å². The van der Waals surface area contributed by atoms with E-state index < -0.39 is 0 Å². The Morgan fingerprint density at radius 3 is 2.94 bits per heavy atom. The molecule has 0 aromatic carbocycles. The first-order valence-electron chi connectivity index (χ1n) is 12.0. The number of piperazine rings is 1. The molecule has 4 aliphatic rings. The Hall–Kier alpha value is -2.19. The van der Waals surface area contributed by atoms with Crippen LogP contribution in [0.2, 0.25) is 0 Å². The molecular formula is C23H32N6O2. The predicted octanol–water partition coefficient (Wildman–Crippen LogP) is 1.63. The number of nitrogens with one attached hydrogen (secondary N) is 2. The van der Waals surface area contributed by atoms with Gasteiger partial charge in [-0.05, 0) is 62.6 Å². The summed E-state index contributed by atoms with van der Waals surface area (Å²) >= 11 is 0. The maximum atomic E-state index is 12.6. The van der Waals surface area contributed by atoms with Crippen LogP contribution in [-0.4, -0.2) is 72.1 Å². The first-order valence-corrected chi connectivity index (χ1v) is 12.0. The minimum atomic E-state index is 0.196. The van der Waals surface area contributed by atoms with Crippen molar-refractivity contribution in [3.8, 4) is 0 Å². The molecule has 166 valence electrons. The van der Waals surface area contributed by atoms with Crippen molar-refractivity contribution in [3.63, 3.8) is 0 Å². The van der Waals surface area contributed by atoms with Crippen LogP contribution in [-0.2, 0) is 4.79 Å². The van der Waals surface area contributed by atoms with Crippen LogP contribution in [0.15, 0.2) is 22.7 Å². The van der Waals surface area contributed by atoms with Crippen molar-refractivity contribution in [1.82, 2.24) is 25.5 Å². The third-order valence-corrected chi connectivity index (χ3v) is 7.96. The van der Waals surface area contributed by atoms with Crippen molar-refractivity contribution in [1.29, 1.82) is 0 Å². The van der Waals surface area contributed by atoms with Crippen molar-refractivity contribution >= 4 is 23.2 Å². The lowest BCUT2D eigenvalue weighted by Gasteiger charge is -2.49. The molecule has 3 saturated heterocycles. The van der Waals surface area contributed by atoms with E-state index in [4.69, 9.17) is 4.42 Å². The van der Waals surface area contributed by atoms with Crippen LogP contribution in [0.1, 0.15) is 32.1 Å². The summed E-state index contributed by atoms with van der Waals surface area (Å²) in [6, 6.07) is 5.24. The number of pyridine rings is 1. The molecule has 2 aromatic heterocycles. The van der Waals surface area contributed by atoms with Gasteiger partial charge in [-0.2, -0.15) is 4.98 Å². The third-order valence-electron chi connectivity index (χ3n) is 7.96. The first kappa shape index (κ1) is 19.5. The largest absolute Gasteiger partial charge is 0.422 e. The molecule has 8 nitrogen and oxygen atoms in total. The molecule has 0 bridgehead atoms. The molecule has 31 heavy (non-hydrogen) atoms. The quantitative estimate of drug-likeness (QED) is 0.774. The van der Waals surface area contributed by atoms with Gasteiger partial charge in [0.05, 0.1) is 5.92 Å². The lowest BCUT2D eigenvalue weighted by Crippen LogP contribution is -2.64. The monoisotopic (exact) mass is 424 g/mol. The Labute approximate surface area is 182 Å². The molecule has 0 radical (unpaired) electrons. The average Bonchev–Trinajstić information content (AvgIpc) is 3.24. The fourth-order valence-corrected chi connectivity index (χ4v) is 6.37. The number of carbonyl (C=O) groups excluding carboxylic acids is 1. The van der Waals surface area contributed by atoms with Crippen LogP contribution in [0.5, 0.6) is 0 Å². The van der Waals surface area contributed by atoms with Crippen LogP contribution in [0.3, 0.4) is 0 Å². The normalized spacial score (nSPS) is 34.3. The Balaban J connectivity index is 1.03. The molecule has 8 heteroatoms. The maximum Gasteiger partial charge on any atom is 0.300 e. The lowest BCUT2D eigenvalue weighted by molar-refractivity contribution is -0.133. The standard InChI is InChI=1S/C23H32N6O2/c30-22-17-3-1-7-24-20(17)16-6-5-15(13-18(16)26-22)14-28-9-11-29(12-10-28)23-27-21-19(31-23)4-2-8-25-21/h2,4,8,15-18,20,24H,1,3,5-7,9-14H2,(H,26,30). The highest BCUT2D eigenvalue weighted by Crippen LogP contribution is 2.39. The lowest BCUT2D eigenvalue weighted by atomic mass is 9.67. The predicted molar refractivity (Wildman–Crippen MR) is 118 cm³/mol. The molecule has 1 amide bonds. The SMILES string of the molecule is O=C1NC2CC(CN3CCN(c4nc5ncccc5o4)CC3)CCC2C2NCCCC12. The Kier molecular flexibility index (Phi) is 5.07. The van der Waals surface area contributed by atoms with E-state index in [0.29, 0.717) is 41.5 Å². The molecule has 0 spiro atoms. The molecule has 5 heterocycles. The van der Waals surface area contributed by atoms with Gasteiger partial charge in [-0.1, -0.05) is 0 Å². The second-order valence-corrected chi connectivity index (χ2v) is 9.80. The van der Waals surface area contributed by atoms with Gasteiger partial charge in [0.1, 0.15) is 0 Å². The summed E-state index contributed by atoms with van der Waals surface area (Å²) in [5, 5.41) is 7.07. The Bertz CT molecular complexity index is 906. The van der Waals surface area contributed by atoms with Crippen molar-refractivity contribution < 1.29 is 9.21 Å². The van der Waals surface area contributed by atoms with Gasteiger partial charge in [-0.15, -0.1) is 0 Å². The van der Waals surface area contributed by atoms with Crippen LogP contribution in [0, 0.1) is 17.8 Å². The van der Waals surface area contributed by atoms with Gasteiger partial charge >= 0.3 is 0 Å². The van der Waals surface area contributed by atoms with Gasteiger partial charge in [0.15, 0.2) is 5.58 Å². The van der Waals surface area contributed by atoms with Crippen LogP contribution in [0.4, 0.5) is 6.01 Å². The van der Waals surface area contributed by atoms with Crippen molar-refractivity contribution in [2.75, 3.05) is 44.2 Å². The number of hydrogen-bond donors (Lipinski definition) is 2. The number of rotatable bonds is 3. The molecule has 5 unspecified atom stereocenters. The topological polar surface area (TPSA) is 86.5 Å². The van der Waals surface area contributed by atoms with Gasteiger partial charge in [-0.3, -0.25) is 9.69 Å². The molecule has 5 atom stereocenters. The zero-order valence-corrected chi connectivity index (χ0v) is 18.0. The number of piperidine rings is 2. The van der Waals surface area contributed by atoms with Crippen molar-refractivity contribution in [3.05, 3.63) is 18.3 Å². The zero-order chi connectivity index (χ0) is 20.8. The molecule has 6 rings (SSSR count). The number of nitrogens with zero attached hydrogens (tertiary/aromatic N) is 4. The summed E-state index contributed by atoms with van der Waals surface area (Å²) in [5.41, 5.74) is 1.43. The number of aromatic nitrogens is 2. The third kappa shape index (κ3) is 3.69. The van der Waals surface area contributed by atoms with E-state index in [-0.39, 0.29) is 5.92 Å². The van der Waals surface area contributed by atoms with Crippen molar-refractivity contribution in [2.45, 2.75) is 44.2 Å². The van der Waals surface area contributed by atoms with Crippen LogP contribution < -0.4 is 15.5 Å². The number of anilines is 1. The van der Waals surface area contributed by atoms with Crippen LogP contribution >= 0.6 is 0 Å². The Morgan fingerprint density at radius 2 is 2.06 bits per heavy atom. The van der Waals surface area contributed by atoms with Crippen molar-refractivity contribution in [2.24, 2.45) is 17.8 Å². The highest BCUT2D eigenvalue weighted by molar-refractivity contribution is 5.81. The summed E-state index contributed by atoms with van der Waals surface area (Å²) in [6.45, 7) is 6.10. The molecule has 2 N–H and O–H groups in total. The van der Waals surface area contributed by atoms with E-state index in [0.717, 1.165) is 64.1 Å². The number of hydrogen-bond acceptors (Lipinski definition) is 7. The fourth-order valence-electron chi connectivity index (χ4n) is 6.37. The minimum absolute atomic E-state index is 0.196. The first-order chi connectivity index (χ1) is 15.2. The zero-order valence-electron chi connectivity index (χ0n) is 18.0. The van der Waals surface area contributed by atoms with Gasteiger partial charge in [0.2, 0.25) is 11.6 Å². The van der Waals surface area contributed by atoms with Gasteiger partial charge < -0.3 is 20.0 Å². The van der Waals surface area contributed by atoms with E-state index in [1.54, 1.807) is 6.20 Å². The van der Waals surface area contributed by atoms with Gasteiger partial charge in [0.25, 0.3) is 6.01 Å².